The molecule has 33 heavy (non-hydrogen) atoms. The Balaban J connectivity index is 1.71. The number of hydrogen-bond acceptors (Lipinski definition) is 7. The molecule has 2 aliphatic rings. The Morgan fingerprint density at radius 2 is 2.12 bits per heavy atom. The van der Waals surface area contributed by atoms with Gasteiger partial charge in [0.1, 0.15) is 17.8 Å². The fourth-order valence-corrected chi connectivity index (χ4v) is 4.71. The van der Waals surface area contributed by atoms with E-state index >= 15 is 0 Å². The second-order valence-electron chi connectivity index (χ2n) is 8.90. The van der Waals surface area contributed by atoms with Gasteiger partial charge in [0, 0.05) is 22.5 Å². The number of ether oxygens (including phenoxy) is 2. The highest BCUT2D eigenvalue weighted by molar-refractivity contribution is 9.10. The van der Waals surface area contributed by atoms with Crippen molar-refractivity contribution >= 4 is 33.6 Å². The van der Waals surface area contributed by atoms with Crippen molar-refractivity contribution in [3.63, 3.8) is 0 Å². The van der Waals surface area contributed by atoms with Crippen LogP contribution in [0.1, 0.15) is 43.4 Å². The van der Waals surface area contributed by atoms with Gasteiger partial charge < -0.3 is 14.4 Å². The lowest BCUT2D eigenvalue weighted by Crippen LogP contribution is -2.51. The minimum atomic E-state index is -0.677. The number of amides is 1. The van der Waals surface area contributed by atoms with Crippen LogP contribution in [0.2, 0.25) is 0 Å². The van der Waals surface area contributed by atoms with Crippen molar-refractivity contribution in [1.82, 2.24) is 15.1 Å². The van der Waals surface area contributed by atoms with Gasteiger partial charge in [0.05, 0.1) is 42.6 Å². The summed E-state index contributed by atoms with van der Waals surface area (Å²) in [6, 6.07) is 9.95. The van der Waals surface area contributed by atoms with Crippen molar-refractivity contribution in [3.05, 3.63) is 45.6 Å². The van der Waals surface area contributed by atoms with E-state index in [4.69, 9.17) is 9.47 Å². The minimum absolute atomic E-state index is 0.224. The van der Waals surface area contributed by atoms with Crippen molar-refractivity contribution in [2.24, 2.45) is 10.9 Å². The zero-order valence-electron chi connectivity index (χ0n) is 18.5. The van der Waals surface area contributed by atoms with Gasteiger partial charge in [0.15, 0.2) is 5.82 Å². The lowest BCUT2D eigenvalue weighted by atomic mass is 9.76. The van der Waals surface area contributed by atoms with Gasteiger partial charge in [-0.1, -0.05) is 12.1 Å². The Bertz CT molecular complexity index is 1190. The van der Waals surface area contributed by atoms with Crippen LogP contribution in [-0.2, 0) is 9.47 Å². The van der Waals surface area contributed by atoms with Crippen molar-refractivity contribution in [2.75, 3.05) is 19.7 Å². The van der Waals surface area contributed by atoms with Gasteiger partial charge in [-0.25, -0.2) is 9.79 Å². The number of aliphatic imine (C=N–C) groups is 1. The standard InChI is InChI=1S/C23H23BrN6O3/c1-23(2,3)33-22(31)30-7-8-32-17(12-30)20-15(10-26)18(16-11-27-29-21(16)28-20)14-6-4-5-13(9-25)19(14)24/h4-6,11,15,17-18H,7-8,12H2,1-3H3,(H,27,29). The number of aromatic nitrogens is 2. The van der Waals surface area contributed by atoms with Crippen LogP contribution in [0.3, 0.4) is 0 Å². The molecule has 1 saturated heterocycles. The molecule has 0 spiro atoms. The second kappa shape index (κ2) is 8.97. The molecule has 0 bridgehead atoms. The maximum atomic E-state index is 12.6. The first-order valence-electron chi connectivity index (χ1n) is 10.5. The SMILES string of the molecule is CC(C)(C)OC(=O)N1CCOC(C2=Nc3[nH]ncc3C(c3cccc(C#N)c3Br)C2C#N)C1. The maximum Gasteiger partial charge on any atom is 0.410 e. The third-order valence-electron chi connectivity index (χ3n) is 5.55. The van der Waals surface area contributed by atoms with Gasteiger partial charge in [-0.3, -0.25) is 5.10 Å². The van der Waals surface area contributed by atoms with E-state index in [1.165, 1.54) is 0 Å². The molecule has 4 rings (SSSR count). The zero-order chi connectivity index (χ0) is 23.8. The molecule has 0 radical (unpaired) electrons. The predicted octanol–water partition coefficient (Wildman–Crippen LogP) is 4.04. The van der Waals surface area contributed by atoms with Gasteiger partial charge in [0.2, 0.25) is 0 Å². The van der Waals surface area contributed by atoms with Gasteiger partial charge in [-0.2, -0.15) is 15.6 Å². The van der Waals surface area contributed by atoms with Gasteiger partial charge in [0.25, 0.3) is 0 Å². The smallest absolute Gasteiger partial charge is 0.410 e. The molecule has 9 nitrogen and oxygen atoms in total. The Morgan fingerprint density at radius 3 is 2.82 bits per heavy atom. The molecule has 1 aromatic carbocycles. The van der Waals surface area contributed by atoms with Crippen LogP contribution >= 0.6 is 15.9 Å². The molecule has 0 aliphatic carbocycles. The number of rotatable bonds is 2. The molecular formula is C23H23BrN6O3. The molecule has 170 valence electrons. The lowest BCUT2D eigenvalue weighted by molar-refractivity contribution is -0.0218. The van der Waals surface area contributed by atoms with Crippen LogP contribution in [-0.4, -0.2) is 58.3 Å². The van der Waals surface area contributed by atoms with E-state index < -0.39 is 29.6 Å². The number of nitrogens with zero attached hydrogens (tertiary/aromatic N) is 5. The van der Waals surface area contributed by atoms with E-state index in [1.807, 2.05) is 26.8 Å². The molecule has 2 aliphatic heterocycles. The lowest BCUT2D eigenvalue weighted by Gasteiger charge is -2.37. The Hall–Kier alpha value is -3.21. The van der Waals surface area contributed by atoms with E-state index in [2.05, 4.69) is 43.3 Å². The molecule has 3 unspecified atom stereocenters. The first-order valence-corrected chi connectivity index (χ1v) is 11.3. The molecule has 1 amide bonds. The van der Waals surface area contributed by atoms with Crippen LogP contribution in [0, 0.1) is 28.6 Å². The van der Waals surface area contributed by atoms with Crippen molar-refractivity contribution in [3.8, 4) is 12.1 Å². The first-order chi connectivity index (χ1) is 15.7. The van der Waals surface area contributed by atoms with Crippen LogP contribution < -0.4 is 0 Å². The van der Waals surface area contributed by atoms with E-state index in [9.17, 15) is 15.3 Å². The summed E-state index contributed by atoms with van der Waals surface area (Å²) >= 11 is 3.54. The molecule has 1 aromatic heterocycles. The number of nitriles is 2. The summed E-state index contributed by atoms with van der Waals surface area (Å²) in [6.07, 6.45) is 0.655. The van der Waals surface area contributed by atoms with Crippen molar-refractivity contribution in [1.29, 1.82) is 10.5 Å². The minimum Gasteiger partial charge on any atom is -0.444 e. The van der Waals surface area contributed by atoms with E-state index in [1.54, 1.807) is 23.2 Å². The number of H-pyrrole nitrogens is 1. The Morgan fingerprint density at radius 1 is 1.33 bits per heavy atom. The summed E-state index contributed by atoms with van der Waals surface area (Å²) in [5.74, 6) is -0.558. The topological polar surface area (TPSA) is 127 Å². The van der Waals surface area contributed by atoms with E-state index in [0.29, 0.717) is 34.7 Å². The van der Waals surface area contributed by atoms with Gasteiger partial charge in [-0.05, 0) is 48.3 Å². The number of fused-ring (bicyclic) bond motifs is 1. The molecular weight excluding hydrogens is 488 g/mol. The highest BCUT2D eigenvalue weighted by atomic mass is 79.9. The average molecular weight is 511 g/mol. The van der Waals surface area contributed by atoms with Gasteiger partial charge >= 0.3 is 6.09 Å². The zero-order valence-corrected chi connectivity index (χ0v) is 20.1. The van der Waals surface area contributed by atoms with Crippen molar-refractivity contribution in [2.45, 2.75) is 38.4 Å². The second-order valence-corrected chi connectivity index (χ2v) is 9.69. The molecule has 0 saturated carbocycles. The molecule has 1 N–H and O–H groups in total. The highest BCUT2D eigenvalue weighted by Gasteiger charge is 2.42. The highest BCUT2D eigenvalue weighted by Crippen LogP contribution is 2.45. The molecule has 3 atom stereocenters. The third kappa shape index (κ3) is 4.50. The third-order valence-corrected chi connectivity index (χ3v) is 6.43. The largest absolute Gasteiger partial charge is 0.444 e. The number of hydrogen-bond donors (Lipinski definition) is 1. The van der Waals surface area contributed by atoms with Crippen LogP contribution in [0.15, 0.2) is 33.9 Å². The fourth-order valence-electron chi connectivity index (χ4n) is 4.11. The monoisotopic (exact) mass is 510 g/mol. The van der Waals surface area contributed by atoms with E-state index in [0.717, 1.165) is 11.1 Å². The maximum absolute atomic E-state index is 12.6. The van der Waals surface area contributed by atoms with E-state index in [-0.39, 0.29) is 6.54 Å². The average Bonchev–Trinajstić information content (AvgIpc) is 3.25. The quantitative estimate of drug-likeness (QED) is 0.649. The van der Waals surface area contributed by atoms with Crippen LogP contribution in [0.25, 0.3) is 0 Å². The van der Waals surface area contributed by atoms with Gasteiger partial charge in [-0.15, -0.1) is 0 Å². The normalized spacial score (nSPS) is 22.5. The molecule has 3 heterocycles. The molecule has 2 aromatic rings. The Labute approximate surface area is 200 Å². The number of carbonyl (C=O) groups is 1. The number of halogens is 1. The Kier molecular flexibility index (Phi) is 6.24. The van der Waals surface area contributed by atoms with Crippen LogP contribution in [0.4, 0.5) is 10.6 Å². The number of aromatic amines is 1. The number of nitrogens with one attached hydrogen (secondary N) is 1. The molecule has 10 heteroatoms. The fraction of sp³-hybridized carbons (Fsp3) is 0.435. The summed E-state index contributed by atoms with van der Waals surface area (Å²) in [5, 5.41) is 26.7. The summed E-state index contributed by atoms with van der Waals surface area (Å²) in [6.45, 7) is 6.37. The van der Waals surface area contributed by atoms with Crippen molar-refractivity contribution < 1.29 is 14.3 Å². The summed E-state index contributed by atoms with van der Waals surface area (Å²) in [5.41, 5.74) is 1.93. The number of carbonyl (C=O) groups excluding carboxylic acids is 1. The molecule has 1 fully saturated rings. The predicted molar refractivity (Wildman–Crippen MR) is 123 cm³/mol. The number of morpholine rings is 1. The summed E-state index contributed by atoms with van der Waals surface area (Å²) in [7, 11) is 0. The van der Waals surface area contributed by atoms with Crippen LogP contribution in [0.5, 0.6) is 0 Å². The summed E-state index contributed by atoms with van der Waals surface area (Å²) in [4.78, 5) is 18.9. The summed E-state index contributed by atoms with van der Waals surface area (Å²) < 4.78 is 12.1. The first kappa shape index (κ1) is 23.0. The number of benzene rings is 1.